The highest BCUT2D eigenvalue weighted by Crippen LogP contribution is 2.01. The van der Waals surface area contributed by atoms with Crippen LogP contribution in [0.15, 0.2) is 12.3 Å². The lowest BCUT2D eigenvalue weighted by molar-refractivity contribution is 0.968. The molecule has 0 aromatic carbocycles. The van der Waals surface area contributed by atoms with E-state index < -0.39 is 0 Å². The van der Waals surface area contributed by atoms with Crippen LogP contribution in [-0.4, -0.2) is 10.2 Å². The molecular formula is C7H9N2. The zero-order valence-corrected chi connectivity index (χ0v) is 5.63. The fourth-order valence-corrected chi connectivity index (χ4v) is 0.690. The summed E-state index contributed by atoms with van der Waals surface area (Å²) in [6.07, 6.45) is 3.64. The number of nitrogens with zero attached hydrogens (tertiary/aromatic N) is 2. The maximum Gasteiger partial charge on any atom is 0.0694 e. The summed E-state index contributed by atoms with van der Waals surface area (Å²) in [4.78, 5) is 0. The minimum atomic E-state index is 0.970. The maximum absolute atomic E-state index is 3.89. The van der Waals surface area contributed by atoms with Crippen LogP contribution in [0.1, 0.15) is 18.2 Å². The molecule has 9 heavy (non-hydrogen) atoms. The van der Waals surface area contributed by atoms with E-state index >= 15 is 0 Å². The molecule has 1 radical (unpaired) electrons. The Morgan fingerprint density at radius 2 is 2.33 bits per heavy atom. The lowest BCUT2D eigenvalue weighted by Crippen LogP contribution is -1.90. The summed E-state index contributed by atoms with van der Waals surface area (Å²) < 4.78 is 0. The van der Waals surface area contributed by atoms with Gasteiger partial charge in [-0.15, -0.1) is 0 Å². The highest BCUT2D eigenvalue weighted by molar-refractivity contribution is 5.20. The third-order valence-corrected chi connectivity index (χ3v) is 1.23. The van der Waals surface area contributed by atoms with Crippen LogP contribution in [0, 0.1) is 13.3 Å². The van der Waals surface area contributed by atoms with E-state index in [1.807, 2.05) is 26.3 Å². The van der Waals surface area contributed by atoms with Gasteiger partial charge < -0.3 is 0 Å². The number of aromatic nitrogens is 2. The maximum atomic E-state index is 3.89. The largest absolute Gasteiger partial charge is 0.159 e. The van der Waals surface area contributed by atoms with E-state index in [0.29, 0.717) is 0 Å². The van der Waals surface area contributed by atoms with Gasteiger partial charge in [-0.2, -0.15) is 10.2 Å². The summed E-state index contributed by atoms with van der Waals surface area (Å²) in [6.45, 7) is 3.97. The SMILES string of the molecule is C[CH]c1nnccc1C. The fraction of sp³-hybridized carbons (Fsp3) is 0.286. The predicted octanol–water partition coefficient (Wildman–Crippen LogP) is 1.36. The van der Waals surface area contributed by atoms with Crippen LogP contribution < -0.4 is 0 Å². The van der Waals surface area contributed by atoms with E-state index in [2.05, 4.69) is 10.2 Å². The van der Waals surface area contributed by atoms with Gasteiger partial charge in [0.1, 0.15) is 0 Å². The molecule has 1 aromatic rings. The lowest BCUT2D eigenvalue weighted by atomic mass is 10.2. The van der Waals surface area contributed by atoms with Crippen LogP contribution in [-0.2, 0) is 0 Å². The van der Waals surface area contributed by atoms with Crippen LogP contribution in [0.5, 0.6) is 0 Å². The third kappa shape index (κ3) is 1.25. The Morgan fingerprint density at radius 1 is 1.56 bits per heavy atom. The summed E-state index contributed by atoms with van der Waals surface area (Å²) in [7, 11) is 0. The minimum Gasteiger partial charge on any atom is -0.159 e. The van der Waals surface area contributed by atoms with Gasteiger partial charge in [-0.3, -0.25) is 0 Å². The summed E-state index contributed by atoms with van der Waals surface area (Å²) >= 11 is 0. The van der Waals surface area contributed by atoms with E-state index in [0.717, 1.165) is 5.69 Å². The van der Waals surface area contributed by atoms with Crippen molar-refractivity contribution in [3.8, 4) is 0 Å². The molecule has 1 rings (SSSR count). The van der Waals surface area contributed by atoms with E-state index in [9.17, 15) is 0 Å². The van der Waals surface area contributed by atoms with Crippen molar-refractivity contribution in [2.45, 2.75) is 13.8 Å². The zero-order chi connectivity index (χ0) is 6.69. The van der Waals surface area contributed by atoms with Crippen molar-refractivity contribution in [2.24, 2.45) is 0 Å². The van der Waals surface area contributed by atoms with Gasteiger partial charge in [0.2, 0.25) is 0 Å². The van der Waals surface area contributed by atoms with Crippen LogP contribution in [0.3, 0.4) is 0 Å². The molecule has 0 aliphatic rings. The number of aryl methyl sites for hydroxylation is 1. The third-order valence-electron chi connectivity index (χ3n) is 1.23. The van der Waals surface area contributed by atoms with Crippen molar-refractivity contribution in [2.75, 3.05) is 0 Å². The first-order chi connectivity index (χ1) is 4.34. The van der Waals surface area contributed by atoms with Crippen LogP contribution in [0.25, 0.3) is 0 Å². The van der Waals surface area contributed by atoms with Crippen molar-refractivity contribution < 1.29 is 0 Å². The first kappa shape index (κ1) is 6.20. The summed E-state index contributed by atoms with van der Waals surface area (Å²) in [5.74, 6) is 0. The Hall–Kier alpha value is -0.920. The van der Waals surface area contributed by atoms with Crippen molar-refractivity contribution in [1.82, 2.24) is 10.2 Å². The van der Waals surface area contributed by atoms with Crippen molar-refractivity contribution >= 4 is 0 Å². The van der Waals surface area contributed by atoms with E-state index in [4.69, 9.17) is 0 Å². The monoisotopic (exact) mass is 121 g/mol. The topological polar surface area (TPSA) is 25.8 Å². The Labute approximate surface area is 54.9 Å². The van der Waals surface area contributed by atoms with Gasteiger partial charge in [0.15, 0.2) is 0 Å². The molecule has 47 valence electrons. The Kier molecular flexibility index (Phi) is 1.78. The van der Waals surface area contributed by atoms with E-state index in [1.165, 1.54) is 5.56 Å². The van der Waals surface area contributed by atoms with Crippen LogP contribution in [0.4, 0.5) is 0 Å². The minimum absolute atomic E-state index is 0.970. The average Bonchev–Trinajstić information content (AvgIpc) is 1.89. The zero-order valence-electron chi connectivity index (χ0n) is 5.63. The van der Waals surface area contributed by atoms with Gasteiger partial charge >= 0.3 is 0 Å². The highest BCUT2D eigenvalue weighted by Gasteiger charge is 1.93. The van der Waals surface area contributed by atoms with Crippen molar-refractivity contribution in [3.05, 3.63) is 29.9 Å². The fourth-order valence-electron chi connectivity index (χ4n) is 0.690. The van der Waals surface area contributed by atoms with Crippen molar-refractivity contribution in [1.29, 1.82) is 0 Å². The van der Waals surface area contributed by atoms with Crippen LogP contribution in [0.2, 0.25) is 0 Å². The summed E-state index contributed by atoms with van der Waals surface area (Å²) in [5, 5.41) is 7.63. The molecule has 1 aromatic heterocycles. The second-order valence-corrected chi connectivity index (χ2v) is 1.89. The van der Waals surface area contributed by atoms with Gasteiger partial charge in [-0.05, 0) is 18.6 Å². The molecule has 0 bridgehead atoms. The van der Waals surface area contributed by atoms with Crippen molar-refractivity contribution in [3.63, 3.8) is 0 Å². The molecule has 0 saturated carbocycles. The molecule has 1 heterocycles. The molecule has 0 spiro atoms. The summed E-state index contributed by atoms with van der Waals surface area (Å²) in [6, 6.07) is 1.95. The normalized spacial score (nSPS) is 9.56. The van der Waals surface area contributed by atoms with Gasteiger partial charge in [-0.25, -0.2) is 0 Å². The lowest BCUT2D eigenvalue weighted by Gasteiger charge is -1.95. The van der Waals surface area contributed by atoms with E-state index in [1.54, 1.807) is 6.20 Å². The molecular weight excluding hydrogens is 112 g/mol. The number of rotatable bonds is 1. The molecule has 0 fully saturated rings. The molecule has 0 atom stereocenters. The van der Waals surface area contributed by atoms with Crippen LogP contribution >= 0.6 is 0 Å². The first-order valence-electron chi connectivity index (χ1n) is 2.92. The molecule has 0 amide bonds. The molecule has 2 nitrogen and oxygen atoms in total. The molecule has 0 aliphatic carbocycles. The molecule has 0 saturated heterocycles. The summed E-state index contributed by atoms with van der Waals surface area (Å²) in [5.41, 5.74) is 2.14. The average molecular weight is 121 g/mol. The number of hydrogen-bond acceptors (Lipinski definition) is 2. The Morgan fingerprint density at radius 3 is 2.78 bits per heavy atom. The van der Waals surface area contributed by atoms with Gasteiger partial charge in [-0.1, -0.05) is 6.92 Å². The second-order valence-electron chi connectivity index (χ2n) is 1.89. The predicted molar refractivity (Wildman–Crippen MR) is 35.8 cm³/mol. The first-order valence-corrected chi connectivity index (χ1v) is 2.92. The van der Waals surface area contributed by atoms with Gasteiger partial charge in [0.05, 0.1) is 5.69 Å². The smallest absolute Gasteiger partial charge is 0.0694 e. The van der Waals surface area contributed by atoms with Gasteiger partial charge in [0.25, 0.3) is 0 Å². The Bertz CT molecular complexity index is 196. The molecule has 0 N–H and O–H groups in total. The highest BCUT2D eigenvalue weighted by atomic mass is 15.1. The number of hydrogen-bond donors (Lipinski definition) is 0. The van der Waals surface area contributed by atoms with Gasteiger partial charge in [0, 0.05) is 12.6 Å². The van der Waals surface area contributed by atoms with E-state index in [-0.39, 0.29) is 0 Å². The standard InChI is InChI=1S/C7H9N2/c1-3-7-6(2)4-5-8-9-7/h3-5H,1-2H3. The quantitative estimate of drug-likeness (QED) is 0.560. The molecule has 2 heteroatoms. The Balaban J connectivity index is 3.01. The second kappa shape index (κ2) is 2.58. The molecule has 0 aliphatic heterocycles. The molecule has 0 unspecified atom stereocenters.